The number of hydrogen-bond donors (Lipinski definition) is 1. The molecule has 0 saturated heterocycles. The second kappa shape index (κ2) is 5.69. The Kier molecular flexibility index (Phi) is 4.22. The Balaban J connectivity index is 2.24. The van der Waals surface area contributed by atoms with Crippen molar-refractivity contribution in [2.45, 2.75) is 0 Å². The lowest BCUT2D eigenvalue weighted by molar-refractivity contribution is 0.102. The van der Waals surface area contributed by atoms with Crippen LogP contribution in [0.4, 0.5) is 5.69 Å². The van der Waals surface area contributed by atoms with Crippen molar-refractivity contribution in [2.24, 2.45) is 0 Å². The van der Waals surface area contributed by atoms with Gasteiger partial charge >= 0.3 is 0 Å². The average Bonchev–Trinajstić information content (AvgIpc) is 2.27. The zero-order valence-corrected chi connectivity index (χ0v) is 12.1. The minimum Gasteiger partial charge on any atom is -0.322 e. The van der Waals surface area contributed by atoms with Crippen LogP contribution in [-0.4, -0.2) is 10.9 Å². The van der Waals surface area contributed by atoms with Gasteiger partial charge in [0.25, 0.3) is 5.91 Å². The number of anilines is 1. The van der Waals surface area contributed by atoms with Gasteiger partial charge in [-0.3, -0.25) is 4.79 Å². The smallest absolute Gasteiger partial charge is 0.258 e. The minimum atomic E-state index is -0.284. The van der Waals surface area contributed by atoms with Crippen LogP contribution in [0.25, 0.3) is 0 Å². The first-order valence-electron chi connectivity index (χ1n) is 4.94. The molecule has 0 fully saturated rings. The molecule has 92 valence electrons. The van der Waals surface area contributed by atoms with Gasteiger partial charge in [-0.05, 0) is 46.3 Å². The number of nitrogens with one attached hydrogen (secondary N) is 1. The van der Waals surface area contributed by atoms with Crippen LogP contribution in [-0.2, 0) is 0 Å². The molecule has 0 aliphatic heterocycles. The van der Waals surface area contributed by atoms with E-state index in [1.807, 2.05) is 0 Å². The van der Waals surface area contributed by atoms with Gasteiger partial charge in [0, 0.05) is 21.9 Å². The summed E-state index contributed by atoms with van der Waals surface area (Å²) >= 11 is 14.9. The Labute approximate surface area is 122 Å². The maximum Gasteiger partial charge on any atom is 0.258 e. The van der Waals surface area contributed by atoms with E-state index in [1.165, 1.54) is 0 Å². The van der Waals surface area contributed by atoms with Crippen LogP contribution in [0.15, 0.2) is 41.1 Å². The van der Waals surface area contributed by atoms with Gasteiger partial charge < -0.3 is 5.32 Å². The molecule has 3 nitrogen and oxygen atoms in total. The molecular formula is C12H7BrCl2N2O. The first-order chi connectivity index (χ1) is 8.56. The fourth-order valence-electron chi connectivity index (χ4n) is 1.38. The predicted octanol–water partition coefficient (Wildman–Crippen LogP) is 4.40. The summed E-state index contributed by atoms with van der Waals surface area (Å²) in [6, 6.07) is 8.19. The molecule has 1 aromatic heterocycles. The van der Waals surface area contributed by atoms with Crippen molar-refractivity contribution in [2.75, 3.05) is 5.32 Å². The van der Waals surface area contributed by atoms with Crippen LogP contribution in [0.3, 0.4) is 0 Å². The Morgan fingerprint density at radius 1 is 1.22 bits per heavy atom. The lowest BCUT2D eigenvalue weighted by atomic mass is 10.2. The highest BCUT2D eigenvalue weighted by molar-refractivity contribution is 9.10. The van der Waals surface area contributed by atoms with Crippen LogP contribution in [0, 0.1) is 0 Å². The highest BCUT2D eigenvalue weighted by Gasteiger charge is 2.11. The molecule has 1 heterocycles. The van der Waals surface area contributed by atoms with Gasteiger partial charge in [0.1, 0.15) is 4.60 Å². The summed E-state index contributed by atoms with van der Waals surface area (Å²) in [7, 11) is 0. The van der Waals surface area contributed by atoms with E-state index in [1.54, 1.807) is 36.5 Å². The summed E-state index contributed by atoms with van der Waals surface area (Å²) < 4.78 is 0.482. The van der Waals surface area contributed by atoms with Crippen LogP contribution in [0.5, 0.6) is 0 Å². The molecular weight excluding hydrogens is 339 g/mol. The van der Waals surface area contributed by atoms with Crippen molar-refractivity contribution < 1.29 is 4.79 Å². The van der Waals surface area contributed by atoms with Gasteiger partial charge in [-0.1, -0.05) is 23.2 Å². The standard InChI is InChI=1S/C12H7BrCl2N2O/c13-11-10(2-1-3-16-11)12(18)17-9-5-7(14)4-8(15)6-9/h1-6H,(H,17,18). The van der Waals surface area contributed by atoms with Gasteiger partial charge in [-0.25, -0.2) is 4.98 Å². The molecule has 0 spiro atoms. The van der Waals surface area contributed by atoms with E-state index in [2.05, 4.69) is 26.2 Å². The Morgan fingerprint density at radius 2 is 1.89 bits per heavy atom. The number of carbonyl (C=O) groups excluding carboxylic acids is 1. The lowest BCUT2D eigenvalue weighted by Crippen LogP contribution is -2.12. The summed E-state index contributed by atoms with van der Waals surface area (Å²) in [5.41, 5.74) is 0.974. The molecule has 0 aliphatic rings. The number of carbonyl (C=O) groups is 1. The SMILES string of the molecule is O=C(Nc1cc(Cl)cc(Cl)c1)c1cccnc1Br. The summed E-state index contributed by atoms with van der Waals surface area (Å²) in [5, 5.41) is 3.63. The number of nitrogens with zero attached hydrogens (tertiary/aromatic N) is 1. The summed E-state index contributed by atoms with van der Waals surface area (Å²) in [6.45, 7) is 0. The molecule has 6 heteroatoms. The zero-order valence-electron chi connectivity index (χ0n) is 8.95. The second-order valence-electron chi connectivity index (χ2n) is 3.45. The molecule has 0 radical (unpaired) electrons. The fraction of sp³-hybridized carbons (Fsp3) is 0. The Hall–Kier alpha value is -1.10. The van der Waals surface area contributed by atoms with E-state index in [-0.39, 0.29) is 5.91 Å². The van der Waals surface area contributed by atoms with Crippen LogP contribution < -0.4 is 5.32 Å². The molecule has 0 saturated carbocycles. The quantitative estimate of drug-likeness (QED) is 0.819. The van der Waals surface area contributed by atoms with Crippen molar-refractivity contribution in [3.05, 3.63) is 56.7 Å². The number of rotatable bonds is 2. The molecule has 0 aliphatic carbocycles. The summed E-state index contributed by atoms with van der Waals surface area (Å²) in [6.07, 6.45) is 1.59. The summed E-state index contributed by atoms with van der Waals surface area (Å²) in [4.78, 5) is 16.0. The highest BCUT2D eigenvalue weighted by Crippen LogP contribution is 2.23. The lowest BCUT2D eigenvalue weighted by Gasteiger charge is -2.07. The predicted molar refractivity (Wildman–Crippen MR) is 76.4 cm³/mol. The fourth-order valence-corrected chi connectivity index (χ4v) is 2.34. The van der Waals surface area contributed by atoms with Gasteiger partial charge in [0.05, 0.1) is 5.56 Å². The van der Waals surface area contributed by atoms with Gasteiger partial charge in [-0.2, -0.15) is 0 Å². The van der Waals surface area contributed by atoms with Gasteiger partial charge in [0.15, 0.2) is 0 Å². The summed E-state index contributed by atoms with van der Waals surface area (Å²) in [5.74, 6) is -0.284. The first-order valence-corrected chi connectivity index (χ1v) is 6.49. The molecule has 2 aromatic rings. The Bertz CT molecular complexity index is 584. The van der Waals surface area contributed by atoms with E-state index >= 15 is 0 Å². The van der Waals surface area contributed by atoms with E-state index in [9.17, 15) is 4.79 Å². The van der Waals surface area contributed by atoms with Crippen LogP contribution in [0.1, 0.15) is 10.4 Å². The topological polar surface area (TPSA) is 42.0 Å². The van der Waals surface area contributed by atoms with Crippen LogP contribution >= 0.6 is 39.1 Å². The monoisotopic (exact) mass is 344 g/mol. The number of benzene rings is 1. The van der Waals surface area contributed by atoms with Crippen molar-refractivity contribution in [3.63, 3.8) is 0 Å². The van der Waals surface area contributed by atoms with Crippen molar-refractivity contribution in [3.8, 4) is 0 Å². The van der Waals surface area contributed by atoms with Crippen LogP contribution in [0.2, 0.25) is 10.0 Å². The number of pyridine rings is 1. The molecule has 1 amide bonds. The largest absolute Gasteiger partial charge is 0.322 e. The van der Waals surface area contributed by atoms with Gasteiger partial charge in [-0.15, -0.1) is 0 Å². The molecule has 0 unspecified atom stereocenters. The molecule has 0 bridgehead atoms. The third-order valence-electron chi connectivity index (χ3n) is 2.12. The van der Waals surface area contributed by atoms with E-state index < -0.39 is 0 Å². The van der Waals surface area contributed by atoms with E-state index in [0.717, 1.165) is 0 Å². The zero-order chi connectivity index (χ0) is 13.1. The van der Waals surface area contributed by atoms with E-state index in [4.69, 9.17) is 23.2 Å². The third kappa shape index (κ3) is 3.22. The average molecular weight is 346 g/mol. The van der Waals surface area contributed by atoms with Crippen molar-refractivity contribution in [1.82, 2.24) is 4.98 Å². The maximum atomic E-state index is 12.0. The molecule has 1 N–H and O–H groups in total. The molecule has 18 heavy (non-hydrogen) atoms. The minimum absolute atomic E-state index is 0.284. The number of hydrogen-bond acceptors (Lipinski definition) is 2. The Morgan fingerprint density at radius 3 is 2.50 bits per heavy atom. The van der Waals surface area contributed by atoms with Gasteiger partial charge in [0.2, 0.25) is 0 Å². The molecule has 0 atom stereocenters. The molecule has 2 rings (SSSR count). The third-order valence-corrected chi connectivity index (χ3v) is 3.19. The van der Waals surface area contributed by atoms with Crippen molar-refractivity contribution >= 4 is 50.7 Å². The van der Waals surface area contributed by atoms with E-state index in [0.29, 0.717) is 25.9 Å². The second-order valence-corrected chi connectivity index (χ2v) is 5.08. The number of aromatic nitrogens is 1. The number of halogens is 3. The maximum absolute atomic E-state index is 12.0. The number of amides is 1. The molecule has 1 aromatic carbocycles. The highest BCUT2D eigenvalue weighted by atomic mass is 79.9. The van der Waals surface area contributed by atoms with Crippen molar-refractivity contribution in [1.29, 1.82) is 0 Å². The normalized spacial score (nSPS) is 10.2. The first kappa shape index (κ1) is 13.3.